The van der Waals surface area contributed by atoms with Crippen LogP contribution in [0.3, 0.4) is 0 Å². The molecule has 164 valence electrons. The van der Waals surface area contributed by atoms with E-state index in [2.05, 4.69) is 20.4 Å². The summed E-state index contributed by atoms with van der Waals surface area (Å²) >= 11 is 0. The number of benzene rings is 2. The first-order chi connectivity index (χ1) is 15.4. The third-order valence-electron chi connectivity index (χ3n) is 5.01. The van der Waals surface area contributed by atoms with Gasteiger partial charge in [-0.15, -0.1) is 0 Å². The maximum atomic E-state index is 11.7. The number of ether oxygens (including phenoxy) is 3. The van der Waals surface area contributed by atoms with E-state index in [9.17, 15) is 4.79 Å². The van der Waals surface area contributed by atoms with Gasteiger partial charge < -0.3 is 19.5 Å². The van der Waals surface area contributed by atoms with Crippen molar-refractivity contribution < 1.29 is 19.0 Å². The first kappa shape index (κ1) is 21.1. The number of fused-ring (bicyclic) bond motifs is 1. The van der Waals surface area contributed by atoms with Gasteiger partial charge in [-0.25, -0.2) is 9.97 Å². The van der Waals surface area contributed by atoms with E-state index < -0.39 is 0 Å². The third-order valence-corrected chi connectivity index (χ3v) is 5.01. The Morgan fingerprint density at radius 3 is 2.44 bits per heavy atom. The molecule has 0 saturated heterocycles. The van der Waals surface area contributed by atoms with Crippen molar-refractivity contribution in [1.29, 1.82) is 0 Å². The number of carbonyl (C=O) groups is 1. The van der Waals surface area contributed by atoms with Crippen LogP contribution in [0.5, 0.6) is 23.1 Å². The van der Waals surface area contributed by atoms with Gasteiger partial charge in [0.2, 0.25) is 11.8 Å². The molecule has 9 nitrogen and oxygen atoms in total. The lowest BCUT2D eigenvalue weighted by molar-refractivity contribution is -0.114. The van der Waals surface area contributed by atoms with Crippen LogP contribution in [0.25, 0.3) is 22.2 Å². The fourth-order valence-electron chi connectivity index (χ4n) is 3.34. The molecule has 1 N–H and O–H groups in total. The highest BCUT2D eigenvalue weighted by atomic mass is 16.5. The van der Waals surface area contributed by atoms with Crippen molar-refractivity contribution in [2.75, 3.05) is 19.5 Å². The molecule has 0 radical (unpaired) electrons. The van der Waals surface area contributed by atoms with Gasteiger partial charge in [0.1, 0.15) is 12.1 Å². The fourth-order valence-corrected chi connectivity index (χ4v) is 3.34. The van der Waals surface area contributed by atoms with Gasteiger partial charge in [-0.2, -0.15) is 5.10 Å². The molecule has 1 amide bonds. The minimum absolute atomic E-state index is 0.171. The van der Waals surface area contributed by atoms with Crippen molar-refractivity contribution in [1.82, 2.24) is 19.7 Å². The first-order valence-corrected chi connectivity index (χ1v) is 9.87. The van der Waals surface area contributed by atoms with E-state index in [-0.39, 0.29) is 5.91 Å². The molecule has 32 heavy (non-hydrogen) atoms. The molecule has 0 aliphatic rings. The second-order valence-electron chi connectivity index (χ2n) is 7.19. The molecule has 0 aliphatic heterocycles. The van der Waals surface area contributed by atoms with Crippen LogP contribution in [-0.4, -0.2) is 39.9 Å². The van der Waals surface area contributed by atoms with Crippen LogP contribution in [0.2, 0.25) is 0 Å². The highest BCUT2D eigenvalue weighted by molar-refractivity contribution is 5.94. The zero-order valence-electron chi connectivity index (χ0n) is 18.5. The van der Waals surface area contributed by atoms with Gasteiger partial charge in [0.15, 0.2) is 11.5 Å². The summed E-state index contributed by atoms with van der Waals surface area (Å²) in [5.41, 5.74) is 3.74. The summed E-state index contributed by atoms with van der Waals surface area (Å²) in [7, 11) is 5.00. The summed E-state index contributed by atoms with van der Waals surface area (Å²) in [6.07, 6.45) is 1.43. The fraction of sp³-hybridized carbons (Fsp3) is 0.217. The van der Waals surface area contributed by atoms with Crippen LogP contribution in [0.1, 0.15) is 12.6 Å². The van der Waals surface area contributed by atoms with Crippen molar-refractivity contribution >= 4 is 22.5 Å². The number of amides is 1. The second kappa shape index (κ2) is 8.54. The van der Waals surface area contributed by atoms with Gasteiger partial charge in [-0.1, -0.05) is 0 Å². The van der Waals surface area contributed by atoms with Gasteiger partial charge in [0.05, 0.1) is 36.5 Å². The molecule has 4 rings (SSSR count). The van der Waals surface area contributed by atoms with E-state index in [1.54, 1.807) is 43.2 Å². The predicted octanol–water partition coefficient (Wildman–Crippen LogP) is 4.11. The molecule has 0 atom stereocenters. The summed E-state index contributed by atoms with van der Waals surface area (Å²) in [6, 6.07) is 10.9. The Labute approximate surface area is 185 Å². The SMILES string of the molecule is COc1cc2ncnc(Oc3ccc(NC(C)=O)c(-c4cc(C)n(C)n4)c3)c2cc1OC. The summed E-state index contributed by atoms with van der Waals surface area (Å²) in [6.45, 7) is 3.43. The van der Waals surface area contributed by atoms with E-state index in [0.717, 1.165) is 17.0 Å². The van der Waals surface area contributed by atoms with E-state index in [4.69, 9.17) is 14.2 Å². The van der Waals surface area contributed by atoms with Crippen molar-refractivity contribution in [3.63, 3.8) is 0 Å². The van der Waals surface area contributed by atoms with E-state index >= 15 is 0 Å². The van der Waals surface area contributed by atoms with Crippen molar-refractivity contribution in [2.24, 2.45) is 7.05 Å². The van der Waals surface area contributed by atoms with E-state index in [1.165, 1.54) is 13.3 Å². The lowest BCUT2D eigenvalue weighted by Gasteiger charge is -2.13. The van der Waals surface area contributed by atoms with Gasteiger partial charge in [0.25, 0.3) is 0 Å². The lowest BCUT2D eigenvalue weighted by Crippen LogP contribution is -2.07. The number of anilines is 1. The lowest BCUT2D eigenvalue weighted by atomic mass is 10.1. The summed E-state index contributed by atoms with van der Waals surface area (Å²) in [5.74, 6) is 1.84. The highest BCUT2D eigenvalue weighted by Gasteiger charge is 2.16. The van der Waals surface area contributed by atoms with Gasteiger partial charge in [0, 0.05) is 31.3 Å². The molecule has 2 heterocycles. The number of methoxy groups -OCH3 is 2. The van der Waals surface area contributed by atoms with Crippen LogP contribution in [0, 0.1) is 6.92 Å². The first-order valence-electron chi connectivity index (χ1n) is 9.87. The molecule has 0 bridgehead atoms. The monoisotopic (exact) mass is 433 g/mol. The molecular weight excluding hydrogens is 410 g/mol. The Morgan fingerprint density at radius 1 is 1.03 bits per heavy atom. The highest BCUT2D eigenvalue weighted by Crippen LogP contribution is 2.37. The van der Waals surface area contributed by atoms with Crippen molar-refractivity contribution in [3.05, 3.63) is 48.4 Å². The van der Waals surface area contributed by atoms with E-state index in [0.29, 0.717) is 39.7 Å². The number of aromatic nitrogens is 4. The summed E-state index contributed by atoms with van der Waals surface area (Å²) < 4.78 is 18.7. The largest absolute Gasteiger partial charge is 0.493 e. The zero-order valence-corrected chi connectivity index (χ0v) is 18.5. The topological polar surface area (TPSA) is 100 Å². The van der Waals surface area contributed by atoms with Crippen LogP contribution in [0.15, 0.2) is 42.7 Å². The Morgan fingerprint density at radius 2 is 1.78 bits per heavy atom. The smallest absolute Gasteiger partial charge is 0.230 e. The van der Waals surface area contributed by atoms with Crippen molar-refractivity contribution in [2.45, 2.75) is 13.8 Å². The number of hydrogen-bond acceptors (Lipinski definition) is 7. The van der Waals surface area contributed by atoms with E-state index in [1.807, 2.05) is 26.1 Å². The maximum absolute atomic E-state index is 11.7. The molecule has 0 spiro atoms. The molecule has 0 fully saturated rings. The van der Waals surface area contributed by atoms with Gasteiger partial charge in [-0.3, -0.25) is 9.48 Å². The number of rotatable bonds is 6. The number of aryl methyl sites for hydroxylation is 2. The second-order valence-corrected chi connectivity index (χ2v) is 7.19. The third kappa shape index (κ3) is 4.04. The minimum Gasteiger partial charge on any atom is -0.493 e. The average molecular weight is 433 g/mol. The Hall–Kier alpha value is -4.14. The number of nitrogens with zero attached hydrogens (tertiary/aromatic N) is 4. The van der Waals surface area contributed by atoms with Gasteiger partial charge >= 0.3 is 0 Å². The summed E-state index contributed by atoms with van der Waals surface area (Å²) in [5, 5.41) is 8.06. The van der Waals surface area contributed by atoms with Crippen LogP contribution >= 0.6 is 0 Å². The Kier molecular flexibility index (Phi) is 5.63. The number of carbonyl (C=O) groups excluding carboxylic acids is 1. The van der Waals surface area contributed by atoms with Crippen LogP contribution in [-0.2, 0) is 11.8 Å². The van der Waals surface area contributed by atoms with Crippen LogP contribution < -0.4 is 19.5 Å². The molecule has 9 heteroatoms. The zero-order chi connectivity index (χ0) is 22.8. The minimum atomic E-state index is -0.171. The normalized spacial score (nSPS) is 10.8. The molecule has 0 saturated carbocycles. The quantitative estimate of drug-likeness (QED) is 0.488. The molecule has 4 aromatic rings. The molecular formula is C23H23N5O4. The van der Waals surface area contributed by atoms with Crippen LogP contribution in [0.4, 0.5) is 5.69 Å². The molecule has 0 unspecified atom stereocenters. The number of nitrogens with one attached hydrogen (secondary N) is 1. The Balaban J connectivity index is 1.78. The average Bonchev–Trinajstić information content (AvgIpc) is 3.11. The molecule has 2 aromatic heterocycles. The Bertz CT molecular complexity index is 1300. The van der Waals surface area contributed by atoms with Gasteiger partial charge in [-0.05, 0) is 37.3 Å². The predicted molar refractivity (Wildman–Crippen MR) is 120 cm³/mol. The van der Waals surface area contributed by atoms with Crippen molar-refractivity contribution in [3.8, 4) is 34.4 Å². The molecule has 0 aliphatic carbocycles. The maximum Gasteiger partial charge on any atom is 0.230 e. The number of hydrogen-bond donors (Lipinski definition) is 1. The summed E-state index contributed by atoms with van der Waals surface area (Å²) in [4.78, 5) is 20.3. The standard InChI is InChI=1S/C23H23N5O4/c1-13-8-20(27-28(13)3)16-9-15(6-7-18(16)26-14(2)29)32-23-17-10-21(30-4)22(31-5)11-19(17)24-12-25-23/h6-12H,1-5H3,(H,26,29). The molecule has 2 aromatic carbocycles.